The summed E-state index contributed by atoms with van der Waals surface area (Å²) in [5.74, 6) is -3.88. The summed E-state index contributed by atoms with van der Waals surface area (Å²) in [4.78, 5) is 12.0. The van der Waals surface area contributed by atoms with Crippen LogP contribution >= 0.6 is 0 Å². The van der Waals surface area contributed by atoms with E-state index >= 15 is 0 Å². The van der Waals surface area contributed by atoms with E-state index in [4.69, 9.17) is 5.11 Å². The van der Waals surface area contributed by atoms with Gasteiger partial charge in [-0.2, -0.15) is 0 Å². The van der Waals surface area contributed by atoms with Crippen LogP contribution in [0.5, 0.6) is 0 Å². The highest BCUT2D eigenvalue weighted by molar-refractivity contribution is 5.73. The fourth-order valence-electron chi connectivity index (χ4n) is 1.52. The largest absolute Gasteiger partial charge is 0.480 e. The first kappa shape index (κ1) is 11.3. The van der Waals surface area contributed by atoms with Crippen LogP contribution in [0.25, 0.3) is 0 Å². The van der Waals surface area contributed by atoms with E-state index in [1.807, 2.05) is 0 Å². The second-order valence-corrected chi connectivity index (χ2v) is 3.39. The molecule has 0 aromatic carbocycles. The molecule has 1 heterocycles. The Labute approximate surface area is 80.4 Å². The van der Waals surface area contributed by atoms with E-state index in [-0.39, 0.29) is 19.6 Å². The van der Waals surface area contributed by atoms with Gasteiger partial charge in [-0.1, -0.05) is 0 Å². The summed E-state index contributed by atoms with van der Waals surface area (Å²) in [5.41, 5.74) is 0. The number of carbonyl (C=O) groups is 1. The lowest BCUT2D eigenvalue weighted by atomic mass is 10.3. The van der Waals surface area contributed by atoms with Crippen molar-refractivity contribution >= 4 is 5.97 Å². The molecule has 0 amide bonds. The molecule has 1 fully saturated rings. The Bertz CT molecular complexity index is 223. The molecule has 6 heteroatoms. The van der Waals surface area contributed by atoms with Crippen molar-refractivity contribution in [1.82, 2.24) is 4.90 Å². The molecule has 0 aliphatic carbocycles. The maximum Gasteiger partial charge on any atom is 0.323 e. The molecular weight excluding hydrogens is 196 g/mol. The van der Waals surface area contributed by atoms with Gasteiger partial charge in [-0.15, -0.1) is 0 Å². The van der Waals surface area contributed by atoms with Crippen molar-refractivity contribution in [1.29, 1.82) is 0 Å². The van der Waals surface area contributed by atoms with Gasteiger partial charge in [0.25, 0.3) is 5.92 Å². The Balaban J connectivity index is 2.58. The second-order valence-electron chi connectivity index (χ2n) is 3.39. The molecule has 0 radical (unpaired) electrons. The number of alkyl halides is 2. The van der Waals surface area contributed by atoms with Crippen molar-refractivity contribution in [2.45, 2.75) is 18.4 Å². The van der Waals surface area contributed by atoms with Crippen LogP contribution in [0, 0.1) is 0 Å². The maximum atomic E-state index is 12.8. The first-order valence-electron chi connectivity index (χ1n) is 4.30. The van der Waals surface area contributed by atoms with E-state index in [1.54, 1.807) is 0 Å². The predicted octanol–water partition coefficient (Wildman–Crippen LogP) is 0.427. The molecule has 0 bridgehead atoms. The van der Waals surface area contributed by atoms with Gasteiger partial charge in [0.2, 0.25) is 0 Å². The van der Waals surface area contributed by atoms with Gasteiger partial charge in [-0.05, 0) is 0 Å². The highest BCUT2D eigenvalue weighted by Crippen LogP contribution is 2.28. The van der Waals surface area contributed by atoms with Crippen LogP contribution in [0.1, 0.15) is 6.42 Å². The minimum Gasteiger partial charge on any atom is -0.480 e. The molecule has 0 saturated carbocycles. The molecule has 0 spiro atoms. The number of rotatable bonds is 4. The molecule has 82 valence electrons. The van der Waals surface area contributed by atoms with E-state index in [1.165, 1.54) is 12.0 Å². The van der Waals surface area contributed by atoms with Gasteiger partial charge >= 0.3 is 5.97 Å². The highest BCUT2D eigenvalue weighted by Gasteiger charge is 2.42. The maximum absolute atomic E-state index is 12.8. The Morgan fingerprint density at radius 3 is 2.71 bits per heavy atom. The van der Waals surface area contributed by atoms with Crippen LogP contribution in [0.4, 0.5) is 8.78 Å². The molecule has 1 N–H and O–H groups in total. The van der Waals surface area contributed by atoms with E-state index in [0.29, 0.717) is 0 Å². The molecule has 14 heavy (non-hydrogen) atoms. The summed E-state index contributed by atoms with van der Waals surface area (Å²) in [7, 11) is 1.35. The van der Waals surface area contributed by atoms with E-state index < -0.39 is 24.5 Å². The molecule has 1 aliphatic heterocycles. The second kappa shape index (κ2) is 4.18. The van der Waals surface area contributed by atoms with Crippen molar-refractivity contribution in [3.05, 3.63) is 0 Å². The Hall–Kier alpha value is -0.750. The third-order valence-electron chi connectivity index (χ3n) is 2.25. The summed E-state index contributed by atoms with van der Waals surface area (Å²) < 4.78 is 30.2. The smallest absolute Gasteiger partial charge is 0.323 e. The summed E-state index contributed by atoms with van der Waals surface area (Å²) >= 11 is 0. The topological polar surface area (TPSA) is 49.8 Å². The van der Waals surface area contributed by atoms with Crippen LogP contribution in [-0.2, 0) is 9.53 Å². The minimum atomic E-state index is -2.76. The number of halogens is 2. The number of likely N-dealkylation sites (tertiary alicyclic amines) is 1. The van der Waals surface area contributed by atoms with Crippen LogP contribution in [0.2, 0.25) is 0 Å². The fourth-order valence-corrected chi connectivity index (χ4v) is 1.52. The highest BCUT2D eigenvalue weighted by atomic mass is 19.3. The molecule has 0 aromatic rings. The minimum absolute atomic E-state index is 0.0641. The van der Waals surface area contributed by atoms with Gasteiger partial charge in [0, 0.05) is 20.1 Å². The van der Waals surface area contributed by atoms with Crippen molar-refractivity contribution < 1.29 is 23.4 Å². The standard InChI is InChI=1S/C8H13F2NO3/c1-14-4-6(7(12)13)11-3-2-8(9,10)5-11/h6H,2-5H2,1H3,(H,12,13)/t6-/m1/s1. The zero-order valence-electron chi connectivity index (χ0n) is 7.87. The number of nitrogens with zero attached hydrogens (tertiary/aromatic N) is 1. The Morgan fingerprint density at radius 1 is 1.71 bits per heavy atom. The van der Waals surface area contributed by atoms with Crippen LogP contribution in [0.15, 0.2) is 0 Å². The van der Waals surface area contributed by atoms with Gasteiger partial charge < -0.3 is 9.84 Å². The first-order chi connectivity index (χ1) is 6.46. The van der Waals surface area contributed by atoms with Crippen molar-refractivity contribution in [2.75, 3.05) is 26.8 Å². The normalized spacial score (nSPS) is 23.6. The number of ether oxygens (including phenoxy) is 1. The summed E-state index contributed by atoms with van der Waals surface area (Å²) in [6.45, 7) is -0.452. The third-order valence-corrected chi connectivity index (χ3v) is 2.25. The number of aliphatic carboxylic acids is 1. The number of carboxylic acid groups (broad SMARTS) is 1. The SMILES string of the molecule is COC[C@H](C(=O)O)N1CCC(F)(F)C1. The quantitative estimate of drug-likeness (QED) is 0.729. The molecule has 4 nitrogen and oxygen atoms in total. The zero-order chi connectivity index (χ0) is 10.8. The van der Waals surface area contributed by atoms with E-state index in [9.17, 15) is 13.6 Å². The zero-order valence-corrected chi connectivity index (χ0v) is 7.87. The van der Waals surface area contributed by atoms with Crippen molar-refractivity contribution in [2.24, 2.45) is 0 Å². The molecular formula is C8H13F2NO3. The number of methoxy groups -OCH3 is 1. The molecule has 0 unspecified atom stereocenters. The third kappa shape index (κ3) is 2.62. The molecule has 1 aliphatic rings. The van der Waals surface area contributed by atoms with Crippen molar-refractivity contribution in [3.63, 3.8) is 0 Å². The first-order valence-corrected chi connectivity index (χ1v) is 4.30. The van der Waals surface area contributed by atoms with Gasteiger partial charge in [0.1, 0.15) is 6.04 Å². The van der Waals surface area contributed by atoms with Gasteiger partial charge in [0.15, 0.2) is 0 Å². The molecule has 1 saturated heterocycles. The number of hydrogen-bond acceptors (Lipinski definition) is 3. The summed E-state index contributed by atoms with van der Waals surface area (Å²) in [5, 5.41) is 8.77. The van der Waals surface area contributed by atoms with E-state index in [2.05, 4.69) is 4.74 Å². The molecule has 0 aromatic heterocycles. The Kier molecular flexibility index (Phi) is 3.38. The average Bonchev–Trinajstić information content (AvgIpc) is 2.41. The van der Waals surface area contributed by atoms with Crippen molar-refractivity contribution in [3.8, 4) is 0 Å². The lowest BCUT2D eigenvalue weighted by Crippen LogP contribution is -2.43. The molecule has 1 atom stereocenters. The summed E-state index contributed by atoms with van der Waals surface area (Å²) in [6, 6.07) is -0.964. The predicted molar refractivity (Wildman–Crippen MR) is 44.4 cm³/mol. The number of hydrogen-bond donors (Lipinski definition) is 1. The lowest BCUT2D eigenvalue weighted by molar-refractivity contribution is -0.145. The fraction of sp³-hybridized carbons (Fsp3) is 0.875. The van der Waals surface area contributed by atoms with Gasteiger partial charge in [-0.3, -0.25) is 9.69 Å². The van der Waals surface area contributed by atoms with Crippen LogP contribution < -0.4 is 0 Å². The molecule has 1 rings (SSSR count). The van der Waals surface area contributed by atoms with Gasteiger partial charge in [-0.25, -0.2) is 8.78 Å². The van der Waals surface area contributed by atoms with Crippen LogP contribution in [0.3, 0.4) is 0 Å². The monoisotopic (exact) mass is 209 g/mol. The summed E-state index contributed by atoms with van der Waals surface area (Å²) in [6.07, 6.45) is -0.277. The van der Waals surface area contributed by atoms with E-state index in [0.717, 1.165) is 0 Å². The van der Waals surface area contributed by atoms with Crippen LogP contribution in [-0.4, -0.2) is 54.7 Å². The Morgan fingerprint density at radius 2 is 2.36 bits per heavy atom. The van der Waals surface area contributed by atoms with Gasteiger partial charge in [0.05, 0.1) is 13.2 Å². The lowest BCUT2D eigenvalue weighted by Gasteiger charge is -2.22. The number of carboxylic acids is 1. The average molecular weight is 209 g/mol.